The van der Waals surface area contributed by atoms with Gasteiger partial charge in [0, 0.05) is 11.6 Å². The van der Waals surface area contributed by atoms with Gasteiger partial charge in [-0.15, -0.1) is 0 Å². The van der Waals surface area contributed by atoms with Gasteiger partial charge < -0.3 is 4.98 Å². The molecule has 0 amide bonds. The number of pyridine rings is 1. The number of hydrogen-bond donors (Lipinski definition) is 1. The van der Waals surface area contributed by atoms with E-state index in [1.807, 2.05) is 0 Å². The van der Waals surface area contributed by atoms with Gasteiger partial charge in [0.2, 0.25) is 5.56 Å². The Morgan fingerprint density at radius 1 is 1.42 bits per heavy atom. The maximum atomic E-state index is 12.0. The van der Waals surface area contributed by atoms with E-state index in [-0.39, 0.29) is 5.69 Å². The zero-order valence-electron chi connectivity index (χ0n) is 5.88. The molecule has 0 aliphatic carbocycles. The normalized spacial score (nSPS) is 10.2. The van der Waals surface area contributed by atoms with Crippen LogP contribution in [0, 0.1) is 0 Å². The van der Waals surface area contributed by atoms with Crippen molar-refractivity contribution in [2.45, 2.75) is 6.43 Å². The van der Waals surface area contributed by atoms with Gasteiger partial charge >= 0.3 is 0 Å². The standard InChI is InChI=1S/C7H5F2NO2/c8-7(9)4-1-5(3-11)10-6(12)2-4/h1-3,7H,(H,10,12). The summed E-state index contributed by atoms with van der Waals surface area (Å²) in [5.41, 5.74) is -1.28. The molecule has 5 heteroatoms. The van der Waals surface area contributed by atoms with E-state index >= 15 is 0 Å². The average molecular weight is 173 g/mol. The fraction of sp³-hybridized carbons (Fsp3) is 0.143. The lowest BCUT2D eigenvalue weighted by Crippen LogP contribution is -2.08. The highest BCUT2D eigenvalue weighted by Crippen LogP contribution is 2.16. The number of nitrogens with one attached hydrogen (secondary N) is 1. The summed E-state index contributed by atoms with van der Waals surface area (Å²) < 4.78 is 24.0. The van der Waals surface area contributed by atoms with Gasteiger partial charge in [0.1, 0.15) is 0 Å². The van der Waals surface area contributed by atoms with Crippen molar-refractivity contribution in [3.05, 3.63) is 33.7 Å². The van der Waals surface area contributed by atoms with E-state index in [4.69, 9.17) is 0 Å². The second-order valence-corrected chi connectivity index (χ2v) is 2.15. The van der Waals surface area contributed by atoms with Crippen molar-refractivity contribution in [2.24, 2.45) is 0 Å². The number of aldehydes is 1. The van der Waals surface area contributed by atoms with Crippen LogP contribution in [0.5, 0.6) is 0 Å². The van der Waals surface area contributed by atoms with Crippen LogP contribution in [-0.4, -0.2) is 11.3 Å². The van der Waals surface area contributed by atoms with Crippen molar-refractivity contribution in [2.75, 3.05) is 0 Å². The first kappa shape index (κ1) is 8.58. The molecule has 0 spiro atoms. The second kappa shape index (κ2) is 3.25. The molecule has 0 aromatic carbocycles. The lowest BCUT2D eigenvalue weighted by molar-refractivity contribution is 0.111. The number of carbonyl (C=O) groups excluding carboxylic acids is 1. The van der Waals surface area contributed by atoms with Gasteiger partial charge in [-0.25, -0.2) is 8.78 Å². The molecule has 3 nitrogen and oxygen atoms in total. The van der Waals surface area contributed by atoms with Crippen LogP contribution in [0.1, 0.15) is 22.5 Å². The van der Waals surface area contributed by atoms with E-state index in [9.17, 15) is 18.4 Å². The van der Waals surface area contributed by atoms with Gasteiger partial charge in [0.05, 0.1) is 5.69 Å². The molecule has 0 atom stereocenters. The van der Waals surface area contributed by atoms with Crippen molar-refractivity contribution >= 4 is 6.29 Å². The molecule has 12 heavy (non-hydrogen) atoms. The van der Waals surface area contributed by atoms with Gasteiger partial charge in [0.15, 0.2) is 6.29 Å². The van der Waals surface area contributed by atoms with Crippen molar-refractivity contribution in [3.63, 3.8) is 0 Å². The highest BCUT2D eigenvalue weighted by atomic mass is 19.3. The number of hydrogen-bond acceptors (Lipinski definition) is 2. The molecule has 0 aliphatic heterocycles. The van der Waals surface area contributed by atoms with Gasteiger partial charge in [-0.1, -0.05) is 0 Å². The zero-order chi connectivity index (χ0) is 9.14. The van der Waals surface area contributed by atoms with Crippen molar-refractivity contribution in [1.29, 1.82) is 0 Å². The molecule has 1 heterocycles. The lowest BCUT2D eigenvalue weighted by atomic mass is 10.2. The van der Waals surface area contributed by atoms with E-state index in [0.717, 1.165) is 12.1 Å². The number of alkyl halides is 2. The Balaban J connectivity index is 3.24. The highest BCUT2D eigenvalue weighted by Gasteiger charge is 2.08. The zero-order valence-corrected chi connectivity index (χ0v) is 5.88. The van der Waals surface area contributed by atoms with Crippen molar-refractivity contribution < 1.29 is 13.6 Å². The first-order valence-corrected chi connectivity index (χ1v) is 3.11. The molecule has 0 radical (unpaired) electrons. The van der Waals surface area contributed by atoms with E-state index in [1.54, 1.807) is 0 Å². The van der Waals surface area contributed by atoms with Crippen LogP contribution in [0.15, 0.2) is 16.9 Å². The number of H-pyrrole nitrogens is 1. The Kier molecular flexibility index (Phi) is 2.32. The Morgan fingerprint density at radius 2 is 2.08 bits per heavy atom. The molecule has 0 unspecified atom stereocenters. The summed E-state index contributed by atoms with van der Waals surface area (Å²) in [7, 11) is 0. The smallest absolute Gasteiger partial charge is 0.264 e. The Hall–Kier alpha value is -1.52. The van der Waals surface area contributed by atoms with Crippen LogP contribution in [0.3, 0.4) is 0 Å². The average Bonchev–Trinajstić information content (AvgIpc) is 2.03. The van der Waals surface area contributed by atoms with Crippen molar-refractivity contribution in [1.82, 2.24) is 4.98 Å². The van der Waals surface area contributed by atoms with E-state index in [0.29, 0.717) is 6.29 Å². The molecule has 0 saturated carbocycles. The molecule has 1 N–H and O–H groups in total. The van der Waals surface area contributed by atoms with Gasteiger partial charge in [0.25, 0.3) is 6.43 Å². The molecule has 0 fully saturated rings. The first-order valence-electron chi connectivity index (χ1n) is 3.11. The first-order chi connectivity index (χ1) is 5.63. The molecular formula is C7H5F2NO2. The minimum absolute atomic E-state index is 0.141. The summed E-state index contributed by atoms with van der Waals surface area (Å²) in [6.07, 6.45) is -2.42. The summed E-state index contributed by atoms with van der Waals surface area (Å²) in [5.74, 6) is 0. The largest absolute Gasteiger partial charge is 0.320 e. The molecule has 0 bridgehead atoms. The third kappa shape index (κ3) is 1.75. The van der Waals surface area contributed by atoms with E-state index in [2.05, 4.69) is 4.98 Å². The molecule has 64 valence electrons. The van der Waals surface area contributed by atoms with Gasteiger partial charge in [-0.05, 0) is 6.07 Å². The summed E-state index contributed by atoms with van der Waals surface area (Å²) in [6.45, 7) is 0. The minimum atomic E-state index is -2.73. The predicted octanol–water partition coefficient (Wildman–Crippen LogP) is 1.12. The van der Waals surface area contributed by atoms with Crippen LogP contribution in [0.4, 0.5) is 8.78 Å². The molecule has 1 aromatic rings. The monoisotopic (exact) mass is 173 g/mol. The quantitative estimate of drug-likeness (QED) is 0.681. The molecule has 1 aromatic heterocycles. The van der Waals surface area contributed by atoms with E-state index in [1.165, 1.54) is 0 Å². The SMILES string of the molecule is O=Cc1cc(C(F)F)cc(=O)[nH]1. The summed E-state index contributed by atoms with van der Waals surface area (Å²) >= 11 is 0. The second-order valence-electron chi connectivity index (χ2n) is 2.15. The van der Waals surface area contributed by atoms with Crippen LogP contribution in [0.2, 0.25) is 0 Å². The number of aromatic amines is 1. The third-order valence-electron chi connectivity index (χ3n) is 1.27. The van der Waals surface area contributed by atoms with Crippen LogP contribution in [0.25, 0.3) is 0 Å². The van der Waals surface area contributed by atoms with E-state index < -0.39 is 17.5 Å². The summed E-state index contributed by atoms with van der Waals surface area (Å²) in [4.78, 5) is 22.8. The van der Waals surface area contributed by atoms with Gasteiger partial charge in [-0.2, -0.15) is 0 Å². The molecule has 1 rings (SSSR count). The van der Waals surface area contributed by atoms with Crippen LogP contribution in [-0.2, 0) is 0 Å². The Labute approximate surface area is 66.0 Å². The number of halogens is 2. The van der Waals surface area contributed by atoms with Crippen LogP contribution >= 0.6 is 0 Å². The predicted molar refractivity (Wildman–Crippen MR) is 37.4 cm³/mol. The van der Waals surface area contributed by atoms with Crippen LogP contribution < -0.4 is 5.56 Å². The number of carbonyl (C=O) groups is 1. The maximum Gasteiger partial charge on any atom is 0.264 e. The topological polar surface area (TPSA) is 49.9 Å². The minimum Gasteiger partial charge on any atom is -0.320 e. The molecule has 0 aliphatic rings. The lowest BCUT2D eigenvalue weighted by Gasteiger charge is -1.97. The third-order valence-corrected chi connectivity index (χ3v) is 1.27. The summed E-state index contributed by atoms with van der Waals surface area (Å²) in [5, 5.41) is 0. The fourth-order valence-corrected chi connectivity index (χ4v) is 0.776. The fourth-order valence-electron chi connectivity index (χ4n) is 0.776. The van der Waals surface area contributed by atoms with Crippen molar-refractivity contribution in [3.8, 4) is 0 Å². The maximum absolute atomic E-state index is 12.0. The Bertz CT molecular complexity index is 346. The number of aromatic nitrogens is 1. The molecule has 0 saturated heterocycles. The van der Waals surface area contributed by atoms with Gasteiger partial charge in [-0.3, -0.25) is 9.59 Å². The number of rotatable bonds is 2. The Morgan fingerprint density at radius 3 is 2.58 bits per heavy atom. The summed E-state index contributed by atoms with van der Waals surface area (Å²) in [6, 6.07) is 1.71. The highest BCUT2D eigenvalue weighted by molar-refractivity contribution is 5.71. The molecular weight excluding hydrogens is 168 g/mol.